The van der Waals surface area contributed by atoms with Gasteiger partial charge < -0.3 is 20.4 Å². The number of unbranched alkanes of at least 4 members (excludes halogenated alkanes) is 1. The number of piperazine rings is 1. The Kier molecular flexibility index (Phi) is 8.68. The van der Waals surface area contributed by atoms with Crippen molar-refractivity contribution in [2.45, 2.75) is 17.9 Å². The van der Waals surface area contributed by atoms with E-state index in [0.717, 1.165) is 51.0 Å². The van der Waals surface area contributed by atoms with Gasteiger partial charge in [0.1, 0.15) is 18.0 Å². The van der Waals surface area contributed by atoms with Gasteiger partial charge in [0.05, 0.1) is 22.1 Å². The molecule has 0 radical (unpaired) electrons. The molecule has 1 aliphatic heterocycles. The highest BCUT2D eigenvalue weighted by Crippen LogP contribution is 2.27. The van der Waals surface area contributed by atoms with Crippen molar-refractivity contribution in [1.82, 2.24) is 30.1 Å². The SMILES string of the molecule is CN1CCN(CCCCNC=CS(=O)(=O)c2cc3c(Nc4ccc(F)c(Cl)c4)ncnc3cn2)CC1. The molecule has 3 aromatic rings. The Bertz CT molecular complexity index is 1330. The average molecular weight is 534 g/mol. The lowest BCUT2D eigenvalue weighted by molar-refractivity contribution is 0.152. The highest BCUT2D eigenvalue weighted by molar-refractivity contribution is 7.94. The van der Waals surface area contributed by atoms with Gasteiger partial charge in [0.2, 0.25) is 9.84 Å². The summed E-state index contributed by atoms with van der Waals surface area (Å²) < 4.78 is 39.1. The zero-order valence-electron chi connectivity index (χ0n) is 20.0. The van der Waals surface area contributed by atoms with Gasteiger partial charge in [-0.3, -0.25) is 0 Å². The zero-order valence-corrected chi connectivity index (χ0v) is 21.6. The van der Waals surface area contributed by atoms with Gasteiger partial charge in [-0.05, 0) is 50.7 Å². The van der Waals surface area contributed by atoms with Gasteiger partial charge in [0.25, 0.3) is 0 Å². The summed E-state index contributed by atoms with van der Waals surface area (Å²) in [5.74, 6) is -0.188. The number of rotatable bonds is 10. The van der Waals surface area contributed by atoms with E-state index in [0.29, 0.717) is 29.0 Å². The molecule has 2 aromatic heterocycles. The minimum Gasteiger partial charge on any atom is -0.390 e. The van der Waals surface area contributed by atoms with E-state index in [1.807, 2.05) is 0 Å². The van der Waals surface area contributed by atoms with Crippen molar-refractivity contribution in [3.05, 3.63) is 59.2 Å². The molecular formula is C24H29ClFN7O2S. The van der Waals surface area contributed by atoms with E-state index < -0.39 is 15.7 Å². The van der Waals surface area contributed by atoms with E-state index in [9.17, 15) is 12.8 Å². The van der Waals surface area contributed by atoms with Crippen LogP contribution in [-0.2, 0) is 9.84 Å². The summed E-state index contributed by atoms with van der Waals surface area (Å²) in [6.07, 6.45) is 6.16. The number of benzene rings is 1. The van der Waals surface area contributed by atoms with E-state index >= 15 is 0 Å². The Balaban J connectivity index is 1.36. The molecule has 36 heavy (non-hydrogen) atoms. The number of hydrogen-bond acceptors (Lipinski definition) is 9. The van der Waals surface area contributed by atoms with Crippen molar-refractivity contribution in [3.63, 3.8) is 0 Å². The molecule has 9 nitrogen and oxygen atoms in total. The number of pyridine rings is 1. The maximum Gasteiger partial charge on any atom is 0.218 e. The largest absolute Gasteiger partial charge is 0.390 e. The molecule has 0 aliphatic carbocycles. The van der Waals surface area contributed by atoms with Crippen molar-refractivity contribution < 1.29 is 12.8 Å². The minimum atomic E-state index is -3.79. The maximum absolute atomic E-state index is 13.5. The molecule has 0 amide bonds. The fourth-order valence-electron chi connectivity index (χ4n) is 3.83. The van der Waals surface area contributed by atoms with Crippen LogP contribution in [0.25, 0.3) is 10.9 Å². The van der Waals surface area contributed by atoms with Crippen LogP contribution < -0.4 is 10.6 Å². The van der Waals surface area contributed by atoms with Crippen molar-refractivity contribution >= 4 is 43.8 Å². The molecule has 0 spiro atoms. The van der Waals surface area contributed by atoms with E-state index in [4.69, 9.17) is 11.6 Å². The average Bonchev–Trinajstić information content (AvgIpc) is 2.86. The Morgan fingerprint density at radius 2 is 1.92 bits per heavy atom. The Morgan fingerprint density at radius 1 is 1.11 bits per heavy atom. The predicted molar refractivity (Wildman–Crippen MR) is 140 cm³/mol. The molecule has 3 heterocycles. The quantitative estimate of drug-likeness (QED) is 0.379. The molecule has 1 saturated heterocycles. The molecule has 0 saturated carbocycles. The minimum absolute atomic E-state index is 0.0414. The second-order valence-corrected chi connectivity index (χ2v) is 10.9. The van der Waals surface area contributed by atoms with Crippen LogP contribution in [0.5, 0.6) is 0 Å². The lowest BCUT2D eigenvalue weighted by Crippen LogP contribution is -2.44. The summed E-state index contributed by atoms with van der Waals surface area (Å²) in [4.78, 5) is 17.2. The first-order valence-corrected chi connectivity index (χ1v) is 13.6. The Labute approximate surface area is 215 Å². The number of aromatic nitrogens is 3. The molecule has 1 fully saturated rings. The second kappa shape index (κ2) is 11.9. The molecule has 4 rings (SSSR count). The van der Waals surface area contributed by atoms with Crippen molar-refractivity contribution in [1.29, 1.82) is 0 Å². The van der Waals surface area contributed by atoms with Crippen molar-refractivity contribution in [2.75, 3.05) is 51.6 Å². The summed E-state index contributed by atoms with van der Waals surface area (Å²) in [7, 11) is -1.65. The van der Waals surface area contributed by atoms with Gasteiger partial charge in [-0.1, -0.05) is 11.6 Å². The van der Waals surface area contributed by atoms with Gasteiger partial charge in [-0.2, -0.15) is 0 Å². The summed E-state index contributed by atoms with van der Waals surface area (Å²) in [6.45, 7) is 6.15. The van der Waals surface area contributed by atoms with Gasteiger partial charge in [-0.15, -0.1) is 0 Å². The fraction of sp³-hybridized carbons (Fsp3) is 0.375. The summed E-state index contributed by atoms with van der Waals surface area (Å²) in [5.41, 5.74) is 0.960. The second-order valence-electron chi connectivity index (χ2n) is 8.67. The number of hydrogen-bond donors (Lipinski definition) is 2. The van der Waals surface area contributed by atoms with Crippen LogP contribution in [0.1, 0.15) is 12.8 Å². The third kappa shape index (κ3) is 6.88. The number of sulfone groups is 1. The maximum atomic E-state index is 13.5. The van der Waals surface area contributed by atoms with Crippen LogP contribution in [0.15, 0.2) is 53.4 Å². The first kappa shape index (κ1) is 26.2. The molecule has 2 N–H and O–H groups in total. The fourth-order valence-corrected chi connectivity index (χ4v) is 4.91. The van der Waals surface area contributed by atoms with Gasteiger partial charge in [0.15, 0.2) is 5.03 Å². The number of nitrogens with one attached hydrogen (secondary N) is 2. The van der Waals surface area contributed by atoms with Gasteiger partial charge in [-0.25, -0.2) is 27.8 Å². The van der Waals surface area contributed by atoms with Crippen LogP contribution >= 0.6 is 11.6 Å². The standard InChI is InChI=1S/C24H29ClFN7O2S/c1-32-9-11-33(12-10-32)8-3-2-6-27-7-13-36(34,35)23-15-19-22(16-28-23)29-17-30-24(19)31-18-4-5-21(26)20(25)14-18/h4-5,7,13-17,27H,2-3,6,8-12H2,1H3,(H,29,30,31). The summed E-state index contributed by atoms with van der Waals surface area (Å²) in [6, 6.07) is 5.57. The molecule has 0 atom stereocenters. The van der Waals surface area contributed by atoms with Crippen LogP contribution in [0.2, 0.25) is 5.02 Å². The first-order valence-electron chi connectivity index (χ1n) is 11.7. The lowest BCUT2D eigenvalue weighted by atomic mass is 10.2. The van der Waals surface area contributed by atoms with Crippen LogP contribution in [0.4, 0.5) is 15.9 Å². The van der Waals surface area contributed by atoms with Crippen molar-refractivity contribution in [3.8, 4) is 0 Å². The topological polar surface area (TPSA) is 103 Å². The molecule has 0 bridgehead atoms. The van der Waals surface area contributed by atoms with Crippen LogP contribution in [0.3, 0.4) is 0 Å². The Hall–Kier alpha value is -2.86. The number of likely N-dealkylation sites (N-methyl/N-ethyl adjacent to an activating group) is 1. The third-order valence-electron chi connectivity index (χ3n) is 5.98. The van der Waals surface area contributed by atoms with E-state index in [1.54, 1.807) is 0 Å². The number of fused-ring (bicyclic) bond motifs is 1. The third-order valence-corrected chi connectivity index (χ3v) is 7.57. The normalized spacial score (nSPS) is 15.5. The highest BCUT2D eigenvalue weighted by atomic mass is 35.5. The smallest absolute Gasteiger partial charge is 0.218 e. The molecular weight excluding hydrogens is 505 g/mol. The van der Waals surface area contributed by atoms with Crippen LogP contribution in [0, 0.1) is 5.82 Å². The number of anilines is 2. The van der Waals surface area contributed by atoms with Crippen molar-refractivity contribution in [2.24, 2.45) is 0 Å². The predicted octanol–water partition coefficient (Wildman–Crippen LogP) is 3.42. The van der Waals surface area contributed by atoms with Gasteiger partial charge >= 0.3 is 0 Å². The Morgan fingerprint density at radius 3 is 2.69 bits per heavy atom. The van der Waals surface area contributed by atoms with Crippen LogP contribution in [-0.4, -0.2) is 79.5 Å². The molecule has 1 aromatic carbocycles. The zero-order chi connectivity index (χ0) is 25.5. The van der Waals surface area contributed by atoms with Gasteiger partial charge in [0, 0.05) is 50.0 Å². The molecule has 1 aliphatic rings. The number of halogens is 2. The monoisotopic (exact) mass is 533 g/mol. The lowest BCUT2D eigenvalue weighted by Gasteiger charge is -2.32. The molecule has 0 unspecified atom stereocenters. The highest BCUT2D eigenvalue weighted by Gasteiger charge is 2.16. The van der Waals surface area contributed by atoms with E-state index in [1.165, 1.54) is 43.0 Å². The van der Waals surface area contributed by atoms with E-state index in [2.05, 4.69) is 42.4 Å². The molecule has 192 valence electrons. The summed E-state index contributed by atoms with van der Waals surface area (Å²) in [5, 5.41) is 7.48. The number of nitrogens with zero attached hydrogens (tertiary/aromatic N) is 5. The van der Waals surface area contributed by atoms with E-state index in [-0.39, 0.29) is 10.0 Å². The first-order chi connectivity index (χ1) is 17.3. The summed E-state index contributed by atoms with van der Waals surface area (Å²) >= 11 is 5.86. The molecule has 12 heteroatoms.